The van der Waals surface area contributed by atoms with Crippen molar-refractivity contribution in [2.45, 2.75) is 19.4 Å². The van der Waals surface area contributed by atoms with Gasteiger partial charge in [-0.1, -0.05) is 23.5 Å². The maximum absolute atomic E-state index is 12.5. The van der Waals surface area contributed by atoms with Gasteiger partial charge in [0.2, 0.25) is 11.0 Å². The fourth-order valence-electron chi connectivity index (χ4n) is 3.22. The number of carbonyl (C=O) groups is 4. The van der Waals surface area contributed by atoms with Crippen LogP contribution in [0.15, 0.2) is 48.5 Å². The lowest BCUT2D eigenvalue weighted by atomic mass is 10.1. The van der Waals surface area contributed by atoms with Crippen LogP contribution in [-0.2, 0) is 11.3 Å². The minimum Gasteiger partial charge on any atom is -0.497 e. The molecule has 3 aromatic rings. The Morgan fingerprint density at radius 3 is 2.25 bits per heavy atom. The molecule has 2 aromatic carbocycles. The number of aromatic nitrogens is 2. The second-order valence-electron chi connectivity index (χ2n) is 6.94. The first-order valence-corrected chi connectivity index (χ1v) is 10.5. The molecule has 0 radical (unpaired) electrons. The van der Waals surface area contributed by atoms with Crippen LogP contribution in [0.3, 0.4) is 0 Å². The Balaban J connectivity index is 1.30. The molecule has 0 saturated heterocycles. The molecule has 9 nitrogen and oxygen atoms in total. The van der Waals surface area contributed by atoms with Crippen LogP contribution < -0.4 is 10.1 Å². The Hall–Kier alpha value is -3.92. The van der Waals surface area contributed by atoms with E-state index in [4.69, 9.17) is 4.74 Å². The molecule has 4 rings (SSSR count). The number of nitrogens with zero attached hydrogens (tertiary/aromatic N) is 3. The second kappa shape index (κ2) is 9.06. The Kier molecular flexibility index (Phi) is 6.04. The van der Waals surface area contributed by atoms with E-state index < -0.39 is 0 Å². The maximum Gasteiger partial charge on any atom is 0.261 e. The van der Waals surface area contributed by atoms with Crippen LogP contribution in [0, 0.1) is 0 Å². The van der Waals surface area contributed by atoms with Crippen LogP contribution in [0.25, 0.3) is 0 Å². The third-order valence-electron chi connectivity index (χ3n) is 4.88. The van der Waals surface area contributed by atoms with Crippen molar-refractivity contribution < 1.29 is 23.9 Å². The molecule has 1 N–H and O–H groups in total. The first kappa shape index (κ1) is 21.3. The zero-order chi connectivity index (χ0) is 22.7. The number of hydrogen-bond acceptors (Lipinski definition) is 8. The van der Waals surface area contributed by atoms with Crippen molar-refractivity contribution in [1.82, 2.24) is 15.1 Å². The van der Waals surface area contributed by atoms with Gasteiger partial charge in [-0.3, -0.25) is 24.1 Å². The summed E-state index contributed by atoms with van der Waals surface area (Å²) in [5, 5.41) is 11.1. The molecule has 10 heteroatoms. The van der Waals surface area contributed by atoms with Crippen LogP contribution in [-0.4, -0.2) is 45.7 Å². The van der Waals surface area contributed by atoms with Gasteiger partial charge < -0.3 is 10.1 Å². The Bertz CT molecular complexity index is 1170. The molecule has 1 aliphatic rings. The van der Waals surface area contributed by atoms with Gasteiger partial charge in [0.05, 0.1) is 24.8 Å². The van der Waals surface area contributed by atoms with Gasteiger partial charge in [0, 0.05) is 18.4 Å². The Morgan fingerprint density at radius 2 is 1.62 bits per heavy atom. The van der Waals surface area contributed by atoms with E-state index in [1.165, 1.54) is 0 Å². The van der Waals surface area contributed by atoms with Crippen molar-refractivity contribution >= 4 is 40.0 Å². The van der Waals surface area contributed by atoms with Crippen molar-refractivity contribution in [2.75, 3.05) is 12.4 Å². The highest BCUT2D eigenvalue weighted by Crippen LogP contribution is 2.26. The number of fused-ring (bicyclic) bond motifs is 1. The van der Waals surface area contributed by atoms with E-state index in [2.05, 4.69) is 15.5 Å². The quantitative estimate of drug-likeness (QED) is 0.414. The van der Waals surface area contributed by atoms with Gasteiger partial charge in [0.15, 0.2) is 5.78 Å². The monoisotopic (exact) mass is 450 g/mol. The second-order valence-corrected chi connectivity index (χ2v) is 8.00. The topological polar surface area (TPSA) is 119 Å². The lowest BCUT2D eigenvalue weighted by Crippen LogP contribution is -2.29. The van der Waals surface area contributed by atoms with Gasteiger partial charge in [-0.25, -0.2) is 0 Å². The highest BCUT2D eigenvalue weighted by molar-refractivity contribution is 7.15. The molecule has 1 aliphatic heterocycles. The summed E-state index contributed by atoms with van der Waals surface area (Å²) in [5.74, 6) is -0.666. The largest absolute Gasteiger partial charge is 0.497 e. The summed E-state index contributed by atoms with van der Waals surface area (Å²) in [5.41, 5.74) is 1.21. The van der Waals surface area contributed by atoms with Gasteiger partial charge in [0.1, 0.15) is 10.8 Å². The third kappa shape index (κ3) is 4.40. The van der Waals surface area contributed by atoms with Gasteiger partial charge in [-0.05, 0) is 36.4 Å². The van der Waals surface area contributed by atoms with Gasteiger partial charge >= 0.3 is 0 Å². The highest BCUT2D eigenvalue weighted by atomic mass is 32.1. The van der Waals surface area contributed by atoms with Crippen molar-refractivity contribution in [2.24, 2.45) is 0 Å². The molecule has 0 atom stereocenters. The number of ether oxygens (including phenoxy) is 1. The lowest BCUT2D eigenvalue weighted by Gasteiger charge is -2.10. The van der Waals surface area contributed by atoms with Crippen LogP contribution in [0.4, 0.5) is 5.13 Å². The van der Waals surface area contributed by atoms with E-state index in [9.17, 15) is 19.2 Å². The summed E-state index contributed by atoms with van der Waals surface area (Å²) in [6, 6.07) is 13.3. The van der Waals surface area contributed by atoms with Crippen LogP contribution >= 0.6 is 11.3 Å². The molecule has 32 heavy (non-hydrogen) atoms. The number of imide groups is 1. The number of Topliss-reactive ketones (excluding diaryl/α,β-unsaturated/α-hetero) is 1. The van der Waals surface area contributed by atoms with Crippen LogP contribution in [0.1, 0.15) is 48.9 Å². The number of anilines is 1. The molecule has 0 bridgehead atoms. The molecule has 0 saturated carbocycles. The molecule has 0 spiro atoms. The minimum atomic E-state index is -0.386. The molecule has 162 valence electrons. The summed E-state index contributed by atoms with van der Waals surface area (Å²) < 4.78 is 5.06. The van der Waals surface area contributed by atoms with Crippen molar-refractivity contribution in [1.29, 1.82) is 0 Å². The van der Waals surface area contributed by atoms with E-state index in [1.807, 2.05) is 0 Å². The predicted molar refractivity (Wildman–Crippen MR) is 116 cm³/mol. The standard InChI is InChI=1S/C22H18N4O5S/c1-31-14-8-6-13(7-9-14)17(27)10-11-18(28)23-22-25-24-19(32-22)12-26-20(29)15-4-2-3-5-16(15)21(26)30/h2-9H,10-12H2,1H3,(H,23,25,28). The van der Waals surface area contributed by atoms with Crippen molar-refractivity contribution in [3.63, 3.8) is 0 Å². The Morgan fingerprint density at radius 1 is 0.969 bits per heavy atom. The van der Waals surface area contributed by atoms with Crippen LogP contribution in [0.2, 0.25) is 0 Å². The van der Waals surface area contributed by atoms with Crippen molar-refractivity contribution in [3.05, 3.63) is 70.2 Å². The summed E-state index contributed by atoms with van der Waals surface area (Å²) in [6.07, 6.45) is 0.0248. The van der Waals surface area contributed by atoms with Crippen molar-refractivity contribution in [3.8, 4) is 5.75 Å². The fraction of sp³-hybridized carbons (Fsp3) is 0.182. The van der Waals surface area contributed by atoms with E-state index in [0.29, 0.717) is 27.4 Å². The summed E-state index contributed by atoms with van der Waals surface area (Å²) in [4.78, 5) is 50.4. The van der Waals surface area contributed by atoms with Gasteiger partial charge in [-0.2, -0.15) is 0 Å². The molecule has 1 aromatic heterocycles. The number of hydrogen-bond donors (Lipinski definition) is 1. The van der Waals surface area contributed by atoms with E-state index in [1.54, 1.807) is 55.6 Å². The molecule has 0 unspecified atom stereocenters. The number of nitrogens with one attached hydrogen (secondary N) is 1. The normalized spacial score (nSPS) is 12.6. The molecule has 3 amide bonds. The smallest absolute Gasteiger partial charge is 0.261 e. The molecule has 2 heterocycles. The zero-order valence-electron chi connectivity index (χ0n) is 17.0. The summed E-state index contributed by atoms with van der Waals surface area (Å²) >= 11 is 1.07. The summed E-state index contributed by atoms with van der Waals surface area (Å²) in [7, 11) is 1.54. The maximum atomic E-state index is 12.5. The van der Waals surface area contributed by atoms with Gasteiger partial charge in [0.25, 0.3) is 11.8 Å². The van der Waals surface area contributed by atoms with Crippen LogP contribution in [0.5, 0.6) is 5.75 Å². The Labute approximate surface area is 187 Å². The first-order chi connectivity index (χ1) is 15.5. The average molecular weight is 450 g/mol. The number of ketones is 1. The zero-order valence-corrected chi connectivity index (χ0v) is 17.8. The van der Waals surface area contributed by atoms with E-state index >= 15 is 0 Å². The van der Waals surface area contributed by atoms with E-state index in [0.717, 1.165) is 16.2 Å². The predicted octanol–water partition coefficient (Wildman–Crippen LogP) is 2.94. The number of benzene rings is 2. The summed E-state index contributed by atoms with van der Waals surface area (Å²) in [6.45, 7) is -0.0319. The third-order valence-corrected chi connectivity index (χ3v) is 5.70. The van der Waals surface area contributed by atoms with E-state index in [-0.39, 0.29) is 48.0 Å². The number of methoxy groups -OCH3 is 1. The number of rotatable bonds is 8. The first-order valence-electron chi connectivity index (χ1n) is 9.71. The number of amides is 3. The average Bonchev–Trinajstić information content (AvgIpc) is 3.35. The molecule has 0 fully saturated rings. The fourth-order valence-corrected chi connectivity index (χ4v) is 3.96. The minimum absolute atomic E-state index is 0.0157. The van der Waals surface area contributed by atoms with Gasteiger partial charge in [-0.15, -0.1) is 10.2 Å². The molecular formula is C22H18N4O5S. The SMILES string of the molecule is COc1ccc(C(=O)CCC(=O)Nc2nnc(CN3C(=O)c4ccccc4C3=O)s2)cc1. The molecular weight excluding hydrogens is 432 g/mol. The number of carbonyl (C=O) groups excluding carboxylic acids is 4. The highest BCUT2D eigenvalue weighted by Gasteiger charge is 2.35. The molecule has 0 aliphatic carbocycles. The lowest BCUT2D eigenvalue weighted by molar-refractivity contribution is -0.116.